The molecule has 0 amide bonds. The highest BCUT2D eigenvalue weighted by atomic mass is 32.2. The smallest absolute Gasteiger partial charge is 0.203 e. The van der Waals surface area contributed by atoms with E-state index in [-0.39, 0.29) is 0 Å². The highest BCUT2D eigenvalue weighted by Crippen LogP contribution is 2.62. The minimum Gasteiger partial charge on any atom is -0.203 e. The van der Waals surface area contributed by atoms with Crippen molar-refractivity contribution in [2.24, 2.45) is 0 Å². The standard InChI is InChI=1S/C8F8S/c9-2-1-6(5(12)4(11)3(2)10)17-8(15,16)7(1,13)14. The molecule has 0 unspecified atom stereocenters. The summed E-state index contributed by atoms with van der Waals surface area (Å²) < 4.78 is 103. The Kier molecular flexibility index (Phi) is 2.40. The molecule has 0 atom stereocenters. The first-order valence-electron chi connectivity index (χ1n) is 3.92. The van der Waals surface area contributed by atoms with E-state index in [1.807, 2.05) is 0 Å². The number of rotatable bonds is 0. The van der Waals surface area contributed by atoms with E-state index in [0.717, 1.165) is 0 Å². The van der Waals surface area contributed by atoms with Crippen LogP contribution in [0.4, 0.5) is 35.1 Å². The molecule has 2 rings (SSSR count). The van der Waals surface area contributed by atoms with E-state index in [9.17, 15) is 35.1 Å². The Morgan fingerprint density at radius 3 is 1.71 bits per heavy atom. The topological polar surface area (TPSA) is 0 Å². The predicted octanol–water partition coefficient (Wildman–Crippen LogP) is 4.03. The quantitative estimate of drug-likeness (QED) is 0.393. The fourth-order valence-electron chi connectivity index (χ4n) is 1.33. The lowest BCUT2D eigenvalue weighted by atomic mass is 10.1. The molecule has 17 heavy (non-hydrogen) atoms. The van der Waals surface area contributed by atoms with Gasteiger partial charge in [-0.1, -0.05) is 0 Å². The molecular formula is C8F8S. The maximum absolute atomic E-state index is 13.0. The fraction of sp³-hybridized carbons (Fsp3) is 0.250. The summed E-state index contributed by atoms with van der Waals surface area (Å²) in [6, 6.07) is 0. The van der Waals surface area contributed by atoms with E-state index in [4.69, 9.17) is 0 Å². The molecule has 0 aliphatic carbocycles. The fourth-order valence-corrected chi connectivity index (χ4v) is 2.31. The van der Waals surface area contributed by atoms with Gasteiger partial charge in [0, 0.05) is 0 Å². The summed E-state index contributed by atoms with van der Waals surface area (Å²) in [5.74, 6) is -14.8. The van der Waals surface area contributed by atoms with Crippen molar-refractivity contribution in [3.63, 3.8) is 0 Å². The average Bonchev–Trinajstić information content (AvgIpc) is 2.40. The number of halogens is 8. The first-order valence-corrected chi connectivity index (χ1v) is 4.74. The third kappa shape index (κ3) is 1.37. The monoisotopic (exact) mass is 280 g/mol. The highest BCUT2D eigenvalue weighted by molar-refractivity contribution is 8.00. The Balaban J connectivity index is 2.85. The van der Waals surface area contributed by atoms with Gasteiger partial charge in [0.1, 0.15) is 0 Å². The van der Waals surface area contributed by atoms with Crippen LogP contribution >= 0.6 is 11.8 Å². The van der Waals surface area contributed by atoms with Crippen molar-refractivity contribution in [3.8, 4) is 0 Å². The summed E-state index contributed by atoms with van der Waals surface area (Å²) in [4.78, 5) is -1.61. The number of hydrogen-bond donors (Lipinski definition) is 0. The van der Waals surface area contributed by atoms with Gasteiger partial charge in [-0.2, -0.15) is 17.6 Å². The number of alkyl halides is 4. The van der Waals surface area contributed by atoms with Gasteiger partial charge in [0.2, 0.25) is 0 Å². The molecule has 1 aliphatic heterocycles. The summed E-state index contributed by atoms with van der Waals surface area (Å²) in [7, 11) is 0. The van der Waals surface area contributed by atoms with Crippen LogP contribution in [0.3, 0.4) is 0 Å². The SMILES string of the molecule is Fc1c(F)c(F)c2c(c1F)SC(F)(F)C2(F)F. The number of fused-ring (bicyclic) bond motifs is 1. The number of hydrogen-bond acceptors (Lipinski definition) is 1. The first-order chi connectivity index (χ1) is 7.61. The van der Waals surface area contributed by atoms with Crippen molar-refractivity contribution in [2.75, 3.05) is 0 Å². The minimum absolute atomic E-state index is 1.04. The zero-order valence-electron chi connectivity index (χ0n) is 7.43. The van der Waals surface area contributed by atoms with Gasteiger partial charge in [-0.15, -0.1) is 0 Å². The summed E-state index contributed by atoms with van der Waals surface area (Å²) in [5.41, 5.74) is -2.15. The molecule has 0 aromatic heterocycles. The van der Waals surface area contributed by atoms with Crippen molar-refractivity contribution in [3.05, 3.63) is 28.8 Å². The molecule has 1 aromatic carbocycles. The van der Waals surface area contributed by atoms with Crippen molar-refractivity contribution in [1.29, 1.82) is 0 Å². The largest absolute Gasteiger partial charge is 0.365 e. The van der Waals surface area contributed by atoms with Crippen LogP contribution in [0, 0.1) is 23.3 Å². The second-order valence-corrected chi connectivity index (χ2v) is 4.28. The molecule has 1 heterocycles. The second-order valence-electron chi connectivity index (χ2n) is 3.15. The maximum Gasteiger partial charge on any atom is 0.365 e. The molecule has 0 nitrogen and oxygen atoms in total. The molecule has 94 valence electrons. The van der Waals surface area contributed by atoms with Gasteiger partial charge >= 0.3 is 11.2 Å². The lowest BCUT2D eigenvalue weighted by Crippen LogP contribution is -2.31. The first kappa shape index (κ1) is 12.5. The van der Waals surface area contributed by atoms with Crippen LogP contribution in [0.15, 0.2) is 4.90 Å². The molecule has 0 N–H and O–H groups in total. The van der Waals surface area contributed by atoms with E-state index in [1.54, 1.807) is 0 Å². The summed E-state index contributed by atoms with van der Waals surface area (Å²) in [5, 5.41) is -4.86. The van der Waals surface area contributed by atoms with E-state index in [1.165, 1.54) is 0 Å². The predicted molar refractivity (Wildman–Crippen MR) is 41.0 cm³/mol. The van der Waals surface area contributed by atoms with Crippen molar-refractivity contribution in [1.82, 2.24) is 0 Å². The molecular weight excluding hydrogens is 280 g/mol. The summed E-state index contributed by atoms with van der Waals surface area (Å²) in [6.45, 7) is 0. The Morgan fingerprint density at radius 1 is 0.706 bits per heavy atom. The zero-order valence-corrected chi connectivity index (χ0v) is 8.25. The Hall–Kier alpha value is -0.990. The van der Waals surface area contributed by atoms with Crippen LogP contribution in [0.25, 0.3) is 0 Å². The number of benzene rings is 1. The molecule has 0 fully saturated rings. The van der Waals surface area contributed by atoms with E-state index in [2.05, 4.69) is 0 Å². The summed E-state index contributed by atoms with van der Waals surface area (Å²) >= 11 is -1.04. The van der Waals surface area contributed by atoms with E-state index in [0.29, 0.717) is 0 Å². The van der Waals surface area contributed by atoms with Crippen molar-refractivity contribution >= 4 is 11.8 Å². The minimum atomic E-state index is -5.10. The van der Waals surface area contributed by atoms with Crippen LogP contribution in [0.1, 0.15) is 5.56 Å². The van der Waals surface area contributed by atoms with Crippen LogP contribution in [0.2, 0.25) is 0 Å². The molecule has 0 saturated carbocycles. The van der Waals surface area contributed by atoms with Gasteiger partial charge in [-0.05, 0) is 11.8 Å². The van der Waals surface area contributed by atoms with E-state index < -0.39 is 56.7 Å². The van der Waals surface area contributed by atoms with Gasteiger partial charge in [0.05, 0.1) is 10.5 Å². The van der Waals surface area contributed by atoms with Crippen LogP contribution in [0.5, 0.6) is 0 Å². The van der Waals surface area contributed by atoms with Gasteiger partial charge in [-0.25, -0.2) is 17.6 Å². The van der Waals surface area contributed by atoms with Gasteiger partial charge in [0.15, 0.2) is 23.3 Å². The van der Waals surface area contributed by atoms with Gasteiger partial charge < -0.3 is 0 Å². The normalized spacial score (nSPS) is 20.5. The van der Waals surface area contributed by atoms with Crippen LogP contribution < -0.4 is 0 Å². The van der Waals surface area contributed by atoms with Crippen LogP contribution in [-0.4, -0.2) is 5.25 Å². The Morgan fingerprint density at radius 2 is 1.18 bits per heavy atom. The highest BCUT2D eigenvalue weighted by Gasteiger charge is 2.67. The van der Waals surface area contributed by atoms with Crippen LogP contribution in [-0.2, 0) is 5.92 Å². The summed E-state index contributed by atoms with van der Waals surface area (Å²) in [6.07, 6.45) is 0. The molecule has 0 saturated heterocycles. The Labute approximate surface area is 92.6 Å². The average molecular weight is 280 g/mol. The molecule has 0 spiro atoms. The van der Waals surface area contributed by atoms with Crippen molar-refractivity contribution < 1.29 is 35.1 Å². The third-order valence-electron chi connectivity index (χ3n) is 2.13. The second kappa shape index (κ2) is 3.27. The molecule has 1 aliphatic rings. The number of thioether (sulfide) groups is 1. The van der Waals surface area contributed by atoms with Gasteiger partial charge in [0.25, 0.3) is 0 Å². The zero-order chi connectivity index (χ0) is 13.2. The molecule has 1 aromatic rings. The molecule has 9 heteroatoms. The lowest BCUT2D eigenvalue weighted by Gasteiger charge is -2.17. The Bertz CT molecular complexity index is 509. The van der Waals surface area contributed by atoms with Gasteiger partial charge in [-0.3, -0.25) is 0 Å². The third-order valence-corrected chi connectivity index (χ3v) is 3.23. The molecule has 0 radical (unpaired) electrons. The van der Waals surface area contributed by atoms with Crippen molar-refractivity contribution in [2.45, 2.75) is 16.1 Å². The maximum atomic E-state index is 13.0. The lowest BCUT2D eigenvalue weighted by molar-refractivity contribution is -0.156. The molecule has 0 bridgehead atoms. The van der Waals surface area contributed by atoms with E-state index >= 15 is 0 Å².